The second-order valence-electron chi connectivity index (χ2n) is 7.97. The number of allylic oxidation sites excluding steroid dienone is 1. The first-order valence-electron chi connectivity index (χ1n) is 9.01. The summed E-state index contributed by atoms with van der Waals surface area (Å²) in [5.41, 5.74) is 1.12. The van der Waals surface area contributed by atoms with Crippen molar-refractivity contribution in [1.82, 2.24) is 0 Å². The predicted molar refractivity (Wildman–Crippen MR) is 83.1 cm³/mol. The van der Waals surface area contributed by atoms with Crippen LogP contribution in [0.1, 0.15) is 58.3 Å². The first-order valence-corrected chi connectivity index (χ1v) is 9.01. The van der Waals surface area contributed by atoms with Gasteiger partial charge in [0.15, 0.2) is 5.78 Å². The summed E-state index contributed by atoms with van der Waals surface area (Å²) >= 11 is 0. The van der Waals surface area contributed by atoms with E-state index in [-0.39, 0.29) is 11.3 Å². The zero-order valence-corrected chi connectivity index (χ0v) is 13.4. The van der Waals surface area contributed by atoms with E-state index in [1.807, 2.05) is 6.08 Å². The lowest BCUT2D eigenvalue weighted by Gasteiger charge is -2.53. The van der Waals surface area contributed by atoms with Crippen molar-refractivity contribution in [3.05, 3.63) is 11.6 Å². The molecule has 22 heavy (non-hydrogen) atoms. The summed E-state index contributed by atoms with van der Waals surface area (Å²) in [6, 6.07) is 0. The molecule has 3 nitrogen and oxygen atoms in total. The molecule has 6 atom stereocenters. The van der Waals surface area contributed by atoms with Gasteiger partial charge in [-0.15, -0.1) is 0 Å². The highest BCUT2D eigenvalue weighted by atomic mass is 16.3. The van der Waals surface area contributed by atoms with Crippen LogP contribution in [0, 0.1) is 29.1 Å². The predicted octanol–water partition coefficient (Wildman–Crippen LogP) is 3.06. The number of aliphatic hydroxyl groups excluding tert-OH is 1. The van der Waals surface area contributed by atoms with Crippen LogP contribution >= 0.6 is 0 Å². The van der Waals surface area contributed by atoms with E-state index in [2.05, 4.69) is 6.92 Å². The highest BCUT2D eigenvalue weighted by molar-refractivity contribution is 5.91. The van der Waals surface area contributed by atoms with E-state index < -0.39 is 6.10 Å². The molecule has 3 saturated carbocycles. The third-order valence-electron chi connectivity index (χ3n) is 7.38. The Kier molecular flexibility index (Phi) is 3.34. The average molecular weight is 302 g/mol. The van der Waals surface area contributed by atoms with Crippen LogP contribution in [0.2, 0.25) is 0 Å². The lowest BCUT2D eigenvalue weighted by atomic mass is 9.51. The Morgan fingerprint density at radius 2 is 2.00 bits per heavy atom. The van der Waals surface area contributed by atoms with Crippen LogP contribution in [-0.4, -0.2) is 22.8 Å². The van der Waals surface area contributed by atoms with Gasteiger partial charge in [0.05, 0.1) is 6.10 Å². The number of fused-ring (bicyclic) bond motifs is 5. The van der Waals surface area contributed by atoms with Gasteiger partial charge in [-0.3, -0.25) is 9.59 Å². The summed E-state index contributed by atoms with van der Waals surface area (Å²) in [6.07, 6.45) is 8.48. The van der Waals surface area contributed by atoms with Crippen molar-refractivity contribution in [3.63, 3.8) is 0 Å². The fourth-order valence-electron chi connectivity index (χ4n) is 6.43. The summed E-state index contributed by atoms with van der Waals surface area (Å²) < 4.78 is 0. The Hall–Kier alpha value is -0.960. The van der Waals surface area contributed by atoms with Crippen LogP contribution in [0.25, 0.3) is 0 Å². The van der Waals surface area contributed by atoms with E-state index in [0.29, 0.717) is 42.2 Å². The van der Waals surface area contributed by atoms with Gasteiger partial charge in [0.25, 0.3) is 0 Å². The second-order valence-corrected chi connectivity index (χ2v) is 7.97. The minimum absolute atomic E-state index is 0.169. The molecule has 0 saturated heterocycles. The minimum Gasteiger partial charge on any atom is -0.392 e. The number of aliphatic hydroxyl groups is 1. The van der Waals surface area contributed by atoms with Crippen LogP contribution in [0.4, 0.5) is 0 Å². The van der Waals surface area contributed by atoms with Crippen LogP contribution in [0.3, 0.4) is 0 Å². The van der Waals surface area contributed by atoms with Gasteiger partial charge in [0.2, 0.25) is 0 Å². The number of carbonyl (C=O) groups is 2. The average Bonchev–Trinajstić information content (AvgIpc) is 2.78. The first kappa shape index (κ1) is 14.6. The molecule has 0 amide bonds. The summed E-state index contributed by atoms with van der Waals surface area (Å²) in [7, 11) is 0. The molecule has 3 heteroatoms. The molecule has 0 radical (unpaired) electrons. The number of hydrogen-bond acceptors (Lipinski definition) is 3. The molecular weight excluding hydrogens is 276 g/mol. The van der Waals surface area contributed by atoms with Crippen molar-refractivity contribution >= 4 is 11.6 Å². The fourth-order valence-corrected chi connectivity index (χ4v) is 6.43. The molecule has 4 rings (SSSR count). The Labute approximate surface area is 132 Å². The van der Waals surface area contributed by atoms with Crippen LogP contribution in [-0.2, 0) is 9.59 Å². The van der Waals surface area contributed by atoms with E-state index >= 15 is 0 Å². The van der Waals surface area contributed by atoms with Crippen molar-refractivity contribution in [3.8, 4) is 0 Å². The Bertz CT molecular complexity index is 549. The van der Waals surface area contributed by atoms with Gasteiger partial charge >= 0.3 is 0 Å². The molecule has 0 aliphatic heterocycles. The molecule has 1 N–H and O–H groups in total. The smallest absolute Gasteiger partial charge is 0.155 e. The minimum atomic E-state index is -0.434. The van der Waals surface area contributed by atoms with Crippen molar-refractivity contribution in [2.24, 2.45) is 29.1 Å². The van der Waals surface area contributed by atoms with Gasteiger partial charge in [0.1, 0.15) is 5.78 Å². The van der Waals surface area contributed by atoms with Gasteiger partial charge in [-0.1, -0.05) is 12.5 Å². The summed E-state index contributed by atoms with van der Waals surface area (Å²) in [6.45, 7) is 2.12. The highest BCUT2D eigenvalue weighted by Crippen LogP contribution is 2.61. The molecule has 120 valence electrons. The number of hydrogen-bond donors (Lipinski definition) is 1. The third kappa shape index (κ3) is 1.84. The first-order chi connectivity index (χ1) is 10.6. The second kappa shape index (κ2) is 5.02. The maximum atomic E-state index is 12.6. The molecule has 0 spiro atoms. The van der Waals surface area contributed by atoms with E-state index in [9.17, 15) is 14.7 Å². The topological polar surface area (TPSA) is 54.4 Å². The molecule has 4 aliphatic rings. The van der Waals surface area contributed by atoms with Crippen LogP contribution in [0.5, 0.6) is 0 Å². The van der Waals surface area contributed by atoms with Crippen molar-refractivity contribution in [2.45, 2.75) is 64.4 Å². The van der Waals surface area contributed by atoms with E-state index in [0.717, 1.165) is 38.5 Å². The van der Waals surface area contributed by atoms with E-state index in [1.54, 1.807) is 0 Å². The highest BCUT2D eigenvalue weighted by Gasteiger charge is 2.60. The number of ketones is 2. The molecule has 0 aromatic carbocycles. The maximum absolute atomic E-state index is 12.6. The van der Waals surface area contributed by atoms with E-state index in [4.69, 9.17) is 0 Å². The molecule has 0 heterocycles. The third-order valence-corrected chi connectivity index (χ3v) is 7.38. The Morgan fingerprint density at radius 1 is 1.18 bits per heavy atom. The largest absolute Gasteiger partial charge is 0.392 e. The van der Waals surface area contributed by atoms with Crippen molar-refractivity contribution < 1.29 is 14.7 Å². The lowest BCUT2D eigenvalue weighted by Crippen LogP contribution is -2.49. The Morgan fingerprint density at radius 3 is 2.77 bits per heavy atom. The van der Waals surface area contributed by atoms with E-state index in [1.165, 1.54) is 5.57 Å². The quantitative estimate of drug-likeness (QED) is 0.810. The monoisotopic (exact) mass is 302 g/mol. The molecule has 0 aromatic heterocycles. The van der Waals surface area contributed by atoms with Gasteiger partial charge < -0.3 is 5.11 Å². The zero-order valence-electron chi connectivity index (χ0n) is 13.4. The number of carbonyl (C=O) groups excluding carboxylic acids is 2. The summed E-state index contributed by atoms with van der Waals surface area (Å²) in [4.78, 5) is 24.2. The molecule has 4 aliphatic carbocycles. The van der Waals surface area contributed by atoms with Crippen LogP contribution < -0.4 is 0 Å². The fraction of sp³-hybridized carbons (Fsp3) is 0.789. The molecular formula is C19H26O3. The summed E-state index contributed by atoms with van der Waals surface area (Å²) in [5.74, 6) is 2.37. The molecule has 0 aromatic rings. The van der Waals surface area contributed by atoms with Crippen molar-refractivity contribution in [1.29, 1.82) is 0 Å². The van der Waals surface area contributed by atoms with Gasteiger partial charge in [-0.2, -0.15) is 0 Å². The molecule has 3 fully saturated rings. The maximum Gasteiger partial charge on any atom is 0.155 e. The number of Topliss-reactive ketones (excluding diaryl/α,β-unsaturated/α-hetero) is 1. The lowest BCUT2D eigenvalue weighted by molar-refractivity contribution is -0.134. The van der Waals surface area contributed by atoms with Gasteiger partial charge in [-0.05, 0) is 62.4 Å². The summed E-state index contributed by atoms with van der Waals surface area (Å²) in [5, 5.41) is 10.6. The number of rotatable bonds is 1. The van der Waals surface area contributed by atoms with Crippen molar-refractivity contribution in [2.75, 3.05) is 0 Å². The standard InChI is InChI=1S/C19H26O3/c1-2-19-8-7-14-13-6-4-12(20)9-11(13)3-5-15(14)18(19)16(21)10-17(19)22/h9,13-16,18,21H,2-8,10H2,1H3/t13-,14+,15+,16-,18+,19-/m0/s1. The molecule has 0 bridgehead atoms. The SMILES string of the molecule is CC[C@@]12CC[C@H]3[C@@H](CCC4=CC(=O)CC[C@@H]43)[C@@H]1[C@@H](O)CC2=O. The van der Waals surface area contributed by atoms with Gasteiger partial charge in [0, 0.05) is 24.2 Å². The van der Waals surface area contributed by atoms with Crippen LogP contribution in [0.15, 0.2) is 11.6 Å². The Balaban J connectivity index is 1.68. The van der Waals surface area contributed by atoms with Gasteiger partial charge in [-0.25, -0.2) is 0 Å². The molecule has 0 unspecified atom stereocenters. The normalized spacial score (nSPS) is 47.5. The zero-order chi connectivity index (χ0) is 15.5.